The first-order valence-corrected chi connectivity index (χ1v) is 8.61. The number of para-hydroxylation sites is 1. The smallest absolute Gasteiger partial charge is 0.365 e. The summed E-state index contributed by atoms with van der Waals surface area (Å²) >= 11 is 0. The summed E-state index contributed by atoms with van der Waals surface area (Å²) in [5.41, 5.74) is 3.53. The third-order valence-corrected chi connectivity index (χ3v) is 4.21. The molecule has 132 valence electrons. The SMILES string of the molecule is Cc1ccc(C(=O)O/N=C(/c2ccccc2)c2cc3ccccc3o2)cc1. The standard InChI is InChI=1S/C23H17NO3/c1-16-11-13-18(14-12-16)23(25)27-24-22(17-7-3-2-4-8-17)21-15-19-9-5-6-10-20(19)26-21/h2-15H,1H3/b24-22-. The second-order valence-electron chi connectivity index (χ2n) is 6.20. The van der Waals surface area contributed by atoms with E-state index >= 15 is 0 Å². The summed E-state index contributed by atoms with van der Waals surface area (Å²) in [6, 6.07) is 26.2. The first kappa shape index (κ1) is 16.8. The first-order chi connectivity index (χ1) is 13.2. The molecule has 27 heavy (non-hydrogen) atoms. The second-order valence-corrected chi connectivity index (χ2v) is 6.20. The Balaban J connectivity index is 1.70. The van der Waals surface area contributed by atoms with Crippen molar-refractivity contribution in [3.8, 4) is 0 Å². The molecule has 4 nitrogen and oxygen atoms in total. The monoisotopic (exact) mass is 355 g/mol. The van der Waals surface area contributed by atoms with Crippen LogP contribution in [0.15, 0.2) is 94.5 Å². The van der Waals surface area contributed by atoms with Crippen LogP contribution in [0.3, 0.4) is 0 Å². The van der Waals surface area contributed by atoms with Crippen LogP contribution in [0, 0.1) is 6.92 Å². The number of nitrogens with zero attached hydrogens (tertiary/aromatic N) is 1. The van der Waals surface area contributed by atoms with E-state index in [9.17, 15) is 4.79 Å². The van der Waals surface area contributed by atoms with Crippen molar-refractivity contribution >= 4 is 22.7 Å². The molecule has 0 aliphatic carbocycles. The Hall–Kier alpha value is -3.66. The average molecular weight is 355 g/mol. The fourth-order valence-corrected chi connectivity index (χ4v) is 2.76. The highest BCUT2D eigenvalue weighted by Gasteiger charge is 2.15. The molecule has 0 unspecified atom stereocenters. The largest absolute Gasteiger partial charge is 0.454 e. The van der Waals surface area contributed by atoms with E-state index in [0.29, 0.717) is 17.0 Å². The van der Waals surface area contributed by atoms with E-state index in [2.05, 4.69) is 5.16 Å². The van der Waals surface area contributed by atoms with Crippen LogP contribution in [-0.2, 0) is 4.84 Å². The lowest BCUT2D eigenvalue weighted by Gasteiger charge is -2.04. The topological polar surface area (TPSA) is 51.8 Å². The molecule has 0 spiro atoms. The molecular formula is C23H17NO3. The van der Waals surface area contributed by atoms with E-state index in [4.69, 9.17) is 9.25 Å². The van der Waals surface area contributed by atoms with Crippen LogP contribution in [0.4, 0.5) is 0 Å². The van der Waals surface area contributed by atoms with Gasteiger partial charge in [-0.3, -0.25) is 0 Å². The van der Waals surface area contributed by atoms with Crippen LogP contribution in [0.25, 0.3) is 11.0 Å². The third kappa shape index (κ3) is 3.65. The van der Waals surface area contributed by atoms with Crippen molar-refractivity contribution in [2.24, 2.45) is 5.16 Å². The zero-order valence-electron chi connectivity index (χ0n) is 14.8. The van der Waals surface area contributed by atoms with Crippen LogP contribution in [0.2, 0.25) is 0 Å². The number of carbonyl (C=O) groups excluding carboxylic acids is 1. The Morgan fingerprint density at radius 3 is 2.30 bits per heavy atom. The normalized spacial score (nSPS) is 11.5. The van der Waals surface area contributed by atoms with Crippen molar-refractivity contribution in [2.45, 2.75) is 6.92 Å². The molecule has 3 aromatic carbocycles. The molecule has 1 heterocycles. The van der Waals surface area contributed by atoms with Gasteiger partial charge in [-0.1, -0.05) is 71.4 Å². The lowest BCUT2D eigenvalue weighted by atomic mass is 10.1. The van der Waals surface area contributed by atoms with Gasteiger partial charge in [-0.25, -0.2) is 4.79 Å². The summed E-state index contributed by atoms with van der Waals surface area (Å²) < 4.78 is 5.92. The highest BCUT2D eigenvalue weighted by atomic mass is 16.7. The van der Waals surface area contributed by atoms with Crippen molar-refractivity contribution in [3.05, 3.63) is 107 Å². The Kier molecular flexibility index (Phi) is 4.54. The Labute approximate surface area is 156 Å². The number of furan rings is 1. The van der Waals surface area contributed by atoms with Gasteiger partial charge in [0, 0.05) is 10.9 Å². The van der Waals surface area contributed by atoms with Gasteiger partial charge in [0.05, 0.1) is 5.56 Å². The fourth-order valence-electron chi connectivity index (χ4n) is 2.76. The number of aryl methyl sites for hydroxylation is 1. The Morgan fingerprint density at radius 1 is 0.852 bits per heavy atom. The highest BCUT2D eigenvalue weighted by Crippen LogP contribution is 2.22. The molecule has 0 N–H and O–H groups in total. The number of rotatable bonds is 4. The molecule has 0 radical (unpaired) electrons. The second kappa shape index (κ2) is 7.30. The van der Waals surface area contributed by atoms with Gasteiger partial charge < -0.3 is 9.25 Å². The van der Waals surface area contributed by atoms with Crippen molar-refractivity contribution in [2.75, 3.05) is 0 Å². The molecule has 1 aromatic heterocycles. The number of fused-ring (bicyclic) bond motifs is 1. The molecule has 4 heteroatoms. The predicted octanol–water partition coefficient (Wildman–Crippen LogP) is 5.35. The molecule has 0 fully saturated rings. The third-order valence-electron chi connectivity index (χ3n) is 4.21. The molecule has 4 aromatic rings. The zero-order chi connectivity index (χ0) is 18.6. The van der Waals surface area contributed by atoms with Gasteiger partial charge in [0.25, 0.3) is 0 Å². The Morgan fingerprint density at radius 2 is 1.56 bits per heavy atom. The van der Waals surface area contributed by atoms with Gasteiger partial charge in [-0.2, -0.15) is 0 Å². The Bertz CT molecular complexity index is 1080. The van der Waals surface area contributed by atoms with Crippen molar-refractivity contribution < 1.29 is 14.0 Å². The zero-order valence-corrected chi connectivity index (χ0v) is 14.8. The molecule has 0 aliphatic rings. The molecule has 0 amide bonds. The first-order valence-electron chi connectivity index (χ1n) is 8.61. The maximum atomic E-state index is 12.3. The van der Waals surface area contributed by atoms with E-state index in [0.717, 1.165) is 22.1 Å². The highest BCUT2D eigenvalue weighted by molar-refractivity contribution is 6.12. The van der Waals surface area contributed by atoms with Gasteiger partial charge in [0.2, 0.25) is 0 Å². The number of hydrogen-bond acceptors (Lipinski definition) is 4. The van der Waals surface area contributed by atoms with Crippen LogP contribution >= 0.6 is 0 Å². The number of hydrogen-bond donors (Lipinski definition) is 0. The molecule has 0 saturated heterocycles. The summed E-state index contributed by atoms with van der Waals surface area (Å²) in [5.74, 6) is 0.0265. The van der Waals surface area contributed by atoms with Gasteiger partial charge in [-0.15, -0.1) is 0 Å². The lowest BCUT2D eigenvalue weighted by molar-refractivity contribution is 0.0516. The van der Waals surface area contributed by atoms with E-state index in [1.807, 2.05) is 79.7 Å². The van der Waals surface area contributed by atoms with Crippen molar-refractivity contribution in [1.82, 2.24) is 0 Å². The van der Waals surface area contributed by atoms with Gasteiger partial charge in [0.1, 0.15) is 5.58 Å². The molecule has 0 saturated carbocycles. The summed E-state index contributed by atoms with van der Waals surface area (Å²) in [6.45, 7) is 1.96. The maximum Gasteiger partial charge on any atom is 0.365 e. The van der Waals surface area contributed by atoms with E-state index < -0.39 is 5.97 Å². The van der Waals surface area contributed by atoms with Gasteiger partial charge >= 0.3 is 5.97 Å². The molecular weight excluding hydrogens is 338 g/mol. The number of benzene rings is 3. The average Bonchev–Trinajstić information content (AvgIpc) is 3.13. The number of oxime groups is 1. The summed E-state index contributed by atoms with van der Waals surface area (Å²) in [6.07, 6.45) is 0. The minimum Gasteiger partial charge on any atom is -0.454 e. The summed E-state index contributed by atoms with van der Waals surface area (Å²) in [5, 5.41) is 5.09. The molecule has 4 rings (SSSR count). The maximum absolute atomic E-state index is 12.3. The van der Waals surface area contributed by atoms with Crippen LogP contribution in [0.1, 0.15) is 27.2 Å². The van der Waals surface area contributed by atoms with Crippen LogP contribution in [-0.4, -0.2) is 11.7 Å². The van der Waals surface area contributed by atoms with Gasteiger partial charge in [-0.05, 0) is 31.2 Å². The minimum absolute atomic E-state index is 0.446. The van der Waals surface area contributed by atoms with Crippen LogP contribution in [0.5, 0.6) is 0 Å². The quantitative estimate of drug-likeness (QED) is 0.282. The minimum atomic E-state index is -0.514. The lowest BCUT2D eigenvalue weighted by Crippen LogP contribution is -2.07. The van der Waals surface area contributed by atoms with Crippen molar-refractivity contribution in [3.63, 3.8) is 0 Å². The van der Waals surface area contributed by atoms with Crippen molar-refractivity contribution in [1.29, 1.82) is 0 Å². The van der Waals surface area contributed by atoms with Crippen LogP contribution < -0.4 is 0 Å². The number of carbonyl (C=O) groups is 1. The molecule has 0 atom stereocenters. The fraction of sp³-hybridized carbons (Fsp3) is 0.0435. The van der Waals surface area contributed by atoms with Gasteiger partial charge in [0.15, 0.2) is 11.5 Å². The van der Waals surface area contributed by atoms with E-state index in [1.54, 1.807) is 12.1 Å². The molecule has 0 bridgehead atoms. The summed E-state index contributed by atoms with van der Waals surface area (Å²) in [7, 11) is 0. The predicted molar refractivity (Wildman–Crippen MR) is 105 cm³/mol. The van der Waals surface area contributed by atoms with E-state index in [1.165, 1.54) is 0 Å². The van der Waals surface area contributed by atoms with E-state index in [-0.39, 0.29) is 0 Å². The summed E-state index contributed by atoms with van der Waals surface area (Å²) in [4.78, 5) is 17.6. The molecule has 0 aliphatic heterocycles.